The van der Waals surface area contributed by atoms with Crippen LogP contribution < -0.4 is 10.6 Å². The van der Waals surface area contributed by atoms with Crippen LogP contribution in [0.25, 0.3) is 5.69 Å². The van der Waals surface area contributed by atoms with E-state index in [1.807, 2.05) is 70.2 Å². The number of anilines is 2. The highest BCUT2D eigenvalue weighted by molar-refractivity contribution is 6.33. The number of urea groups is 1. The van der Waals surface area contributed by atoms with E-state index in [0.29, 0.717) is 36.2 Å². The molecule has 0 saturated carbocycles. The molecule has 2 heterocycles. The van der Waals surface area contributed by atoms with E-state index in [-0.39, 0.29) is 11.5 Å². The normalized spacial score (nSPS) is 14.6. The number of benzene rings is 2. The predicted octanol–water partition coefficient (Wildman–Crippen LogP) is 6.83. The molecule has 10 heteroatoms. The Kier molecular flexibility index (Phi) is 8.99. The van der Waals surface area contributed by atoms with Gasteiger partial charge in [-0.15, -0.1) is 0 Å². The number of halogens is 1. The maximum absolute atomic E-state index is 13.1. The zero-order chi connectivity index (χ0) is 29.9. The number of aryl methyl sites for hydroxylation is 1. The van der Waals surface area contributed by atoms with Gasteiger partial charge in [-0.1, -0.05) is 56.1 Å². The van der Waals surface area contributed by atoms with Crippen molar-refractivity contribution in [3.05, 3.63) is 70.4 Å². The summed E-state index contributed by atoms with van der Waals surface area (Å²) in [6.45, 7) is 17.2. The molecule has 1 fully saturated rings. The van der Waals surface area contributed by atoms with Gasteiger partial charge in [0.05, 0.1) is 22.1 Å². The molecular weight excluding hydrogens is 540 g/mol. The second kappa shape index (κ2) is 12.1. The number of piperazine rings is 1. The molecule has 0 radical (unpaired) electrons. The second-order valence-corrected chi connectivity index (χ2v) is 13.0. The molecule has 3 aromatic rings. The first-order valence-corrected chi connectivity index (χ1v) is 14.3. The Balaban J connectivity index is 1.42. The molecule has 0 aliphatic carbocycles. The Bertz CT molecular complexity index is 1380. The Labute approximate surface area is 247 Å². The van der Waals surface area contributed by atoms with E-state index in [1.54, 1.807) is 15.6 Å². The lowest BCUT2D eigenvalue weighted by Gasteiger charge is -2.35. The standard InChI is InChI=1S/C31H41ClN6O3/c1-21-8-11-23(12-9-21)38-27(19-26(35-38)30(2,3)4)34-28(39)33-25-18-22(10-13-24(25)32)20-36-14-16-37(17-15-36)29(40)41-31(5,6)7/h8-13,18-19H,14-17,20H2,1-7H3,(H2,33,34,39). The molecule has 220 valence electrons. The van der Waals surface area contributed by atoms with E-state index in [9.17, 15) is 9.59 Å². The number of amides is 3. The van der Waals surface area contributed by atoms with E-state index >= 15 is 0 Å². The van der Waals surface area contributed by atoms with Gasteiger partial charge in [0.2, 0.25) is 0 Å². The van der Waals surface area contributed by atoms with Gasteiger partial charge in [-0.25, -0.2) is 14.3 Å². The van der Waals surface area contributed by atoms with Crippen LogP contribution in [0.2, 0.25) is 5.02 Å². The summed E-state index contributed by atoms with van der Waals surface area (Å²) in [6.07, 6.45) is -0.278. The predicted molar refractivity (Wildman–Crippen MR) is 164 cm³/mol. The van der Waals surface area contributed by atoms with Crippen molar-refractivity contribution in [1.29, 1.82) is 0 Å². The van der Waals surface area contributed by atoms with Crippen LogP contribution in [-0.2, 0) is 16.7 Å². The number of ether oxygens (including phenoxy) is 1. The summed E-state index contributed by atoms with van der Waals surface area (Å²) in [5.74, 6) is 0.561. The molecule has 0 spiro atoms. The highest BCUT2D eigenvalue weighted by atomic mass is 35.5. The quantitative estimate of drug-likeness (QED) is 0.345. The van der Waals surface area contributed by atoms with Crippen molar-refractivity contribution in [2.24, 2.45) is 0 Å². The zero-order valence-corrected chi connectivity index (χ0v) is 25.8. The number of carbonyl (C=O) groups excluding carboxylic acids is 2. The summed E-state index contributed by atoms with van der Waals surface area (Å²) in [5, 5.41) is 11.1. The summed E-state index contributed by atoms with van der Waals surface area (Å²) >= 11 is 6.47. The van der Waals surface area contributed by atoms with E-state index in [4.69, 9.17) is 21.4 Å². The number of hydrogen-bond donors (Lipinski definition) is 2. The van der Waals surface area contributed by atoms with E-state index < -0.39 is 11.6 Å². The number of aromatic nitrogens is 2. The summed E-state index contributed by atoms with van der Waals surface area (Å²) < 4.78 is 7.24. The van der Waals surface area contributed by atoms with E-state index in [0.717, 1.165) is 35.6 Å². The fourth-order valence-corrected chi connectivity index (χ4v) is 4.59. The Morgan fingerprint density at radius 3 is 2.20 bits per heavy atom. The molecule has 1 aliphatic rings. The molecule has 2 N–H and O–H groups in total. The second-order valence-electron chi connectivity index (χ2n) is 12.5. The summed E-state index contributed by atoms with van der Waals surface area (Å²) in [4.78, 5) is 29.5. The van der Waals surface area contributed by atoms with Crippen LogP contribution in [0.15, 0.2) is 48.5 Å². The number of nitrogens with one attached hydrogen (secondary N) is 2. The maximum Gasteiger partial charge on any atom is 0.410 e. The van der Waals surface area contributed by atoms with Gasteiger partial charge in [-0.3, -0.25) is 10.2 Å². The van der Waals surface area contributed by atoms with E-state index in [1.165, 1.54) is 0 Å². The minimum atomic E-state index is -0.512. The molecular formula is C31H41ClN6O3. The van der Waals surface area contributed by atoms with Crippen molar-refractivity contribution >= 4 is 35.2 Å². The lowest BCUT2D eigenvalue weighted by molar-refractivity contribution is 0.0139. The number of hydrogen-bond acceptors (Lipinski definition) is 5. The van der Waals surface area contributed by atoms with Crippen LogP contribution in [0, 0.1) is 6.92 Å². The molecule has 0 unspecified atom stereocenters. The first-order valence-electron chi connectivity index (χ1n) is 13.9. The zero-order valence-electron chi connectivity index (χ0n) is 25.0. The highest BCUT2D eigenvalue weighted by Crippen LogP contribution is 2.28. The van der Waals surface area contributed by atoms with Crippen molar-refractivity contribution in [2.75, 3.05) is 36.8 Å². The number of carbonyl (C=O) groups is 2. The minimum Gasteiger partial charge on any atom is -0.444 e. The molecule has 9 nitrogen and oxygen atoms in total. The minimum absolute atomic E-state index is 0.196. The third-order valence-electron chi connectivity index (χ3n) is 6.71. The van der Waals surface area contributed by atoms with Gasteiger partial charge in [-0.2, -0.15) is 5.10 Å². The summed E-state index contributed by atoms with van der Waals surface area (Å²) in [5.41, 5.74) is 3.68. The van der Waals surface area contributed by atoms with Gasteiger partial charge >= 0.3 is 12.1 Å². The van der Waals surface area contributed by atoms with Gasteiger partial charge in [0.15, 0.2) is 0 Å². The molecule has 41 heavy (non-hydrogen) atoms. The lowest BCUT2D eigenvalue weighted by Crippen LogP contribution is -2.49. The first-order chi connectivity index (χ1) is 19.2. The molecule has 0 atom stereocenters. The molecule has 1 saturated heterocycles. The Morgan fingerprint density at radius 1 is 0.927 bits per heavy atom. The van der Waals surface area contributed by atoms with Crippen molar-refractivity contribution in [3.8, 4) is 5.69 Å². The molecule has 1 aromatic heterocycles. The number of rotatable bonds is 5. The van der Waals surface area contributed by atoms with Crippen molar-refractivity contribution in [2.45, 2.75) is 66.0 Å². The fourth-order valence-electron chi connectivity index (χ4n) is 4.43. The van der Waals surface area contributed by atoms with Crippen LogP contribution in [0.1, 0.15) is 58.4 Å². The van der Waals surface area contributed by atoms with E-state index in [2.05, 4.69) is 36.3 Å². The van der Waals surface area contributed by atoms with Crippen LogP contribution in [0.4, 0.5) is 21.1 Å². The largest absolute Gasteiger partial charge is 0.444 e. The smallest absolute Gasteiger partial charge is 0.410 e. The molecule has 1 aliphatic heterocycles. The van der Waals surface area contributed by atoms with Crippen LogP contribution in [0.3, 0.4) is 0 Å². The lowest BCUT2D eigenvalue weighted by atomic mass is 9.92. The van der Waals surface area contributed by atoms with Gasteiger partial charge in [0, 0.05) is 44.2 Å². The molecule has 4 rings (SSSR count). The first kappa shape index (κ1) is 30.4. The van der Waals surface area contributed by atoms with Crippen molar-refractivity contribution in [1.82, 2.24) is 19.6 Å². The van der Waals surface area contributed by atoms with Crippen molar-refractivity contribution in [3.63, 3.8) is 0 Å². The van der Waals surface area contributed by atoms with Gasteiger partial charge in [0.1, 0.15) is 11.4 Å². The fraction of sp³-hybridized carbons (Fsp3) is 0.452. The highest BCUT2D eigenvalue weighted by Gasteiger charge is 2.26. The third-order valence-corrected chi connectivity index (χ3v) is 7.04. The molecule has 2 aromatic carbocycles. The summed E-state index contributed by atoms with van der Waals surface area (Å²) in [6, 6.07) is 15.1. The Hall–Kier alpha value is -3.56. The monoisotopic (exact) mass is 580 g/mol. The maximum atomic E-state index is 13.1. The molecule has 0 bridgehead atoms. The average Bonchev–Trinajstić information content (AvgIpc) is 3.30. The Morgan fingerprint density at radius 2 is 1.59 bits per heavy atom. The summed E-state index contributed by atoms with van der Waals surface area (Å²) in [7, 11) is 0. The third kappa shape index (κ3) is 8.24. The van der Waals surface area contributed by atoms with Gasteiger partial charge in [0.25, 0.3) is 0 Å². The van der Waals surface area contributed by atoms with Crippen LogP contribution in [-0.4, -0.2) is 63.5 Å². The SMILES string of the molecule is Cc1ccc(-n2nc(C(C)(C)C)cc2NC(=O)Nc2cc(CN3CCN(C(=O)OC(C)(C)C)CC3)ccc2Cl)cc1. The van der Waals surface area contributed by atoms with Crippen LogP contribution in [0.5, 0.6) is 0 Å². The topological polar surface area (TPSA) is 91.7 Å². The van der Waals surface area contributed by atoms with Crippen LogP contribution >= 0.6 is 11.6 Å². The molecule has 3 amide bonds. The number of nitrogens with zero attached hydrogens (tertiary/aromatic N) is 4. The van der Waals surface area contributed by atoms with Gasteiger partial charge < -0.3 is 15.0 Å². The van der Waals surface area contributed by atoms with Crippen molar-refractivity contribution < 1.29 is 14.3 Å². The van der Waals surface area contributed by atoms with Gasteiger partial charge in [-0.05, 0) is 57.5 Å². The average molecular weight is 581 g/mol.